The number of benzene rings is 2. The van der Waals surface area contributed by atoms with E-state index in [9.17, 15) is 0 Å². The van der Waals surface area contributed by atoms with Crippen molar-refractivity contribution >= 4 is 11.6 Å². The monoisotopic (exact) mass is 305 g/mol. The topological polar surface area (TPSA) is 74.2 Å². The number of rotatable bonds is 5. The van der Waals surface area contributed by atoms with Crippen molar-refractivity contribution in [2.24, 2.45) is 0 Å². The molecule has 0 saturated heterocycles. The van der Waals surface area contributed by atoms with E-state index in [4.69, 9.17) is 16.2 Å². The van der Waals surface area contributed by atoms with Gasteiger partial charge in [-0.3, -0.25) is 0 Å². The Kier molecular flexibility index (Phi) is 4.43. The van der Waals surface area contributed by atoms with Crippen molar-refractivity contribution in [3.63, 3.8) is 0 Å². The number of aromatic nitrogens is 1. The summed E-state index contributed by atoms with van der Waals surface area (Å²) in [6.45, 7) is 0.555. The first-order chi connectivity index (χ1) is 11.2. The highest BCUT2D eigenvalue weighted by Crippen LogP contribution is 2.19. The molecule has 3 aromatic rings. The van der Waals surface area contributed by atoms with Gasteiger partial charge in [-0.1, -0.05) is 42.5 Å². The number of hydrogen-bond acceptors (Lipinski definition) is 4. The Hall–Kier alpha value is -3.01. The van der Waals surface area contributed by atoms with Crippen LogP contribution in [0.25, 0.3) is 0 Å². The fraction of sp³-hybridized carbons (Fsp3) is 0.105. The second-order valence-electron chi connectivity index (χ2n) is 5.42. The maximum Gasteiger partial charge on any atom is 0.126 e. The van der Waals surface area contributed by atoms with Gasteiger partial charge in [-0.05, 0) is 47.4 Å². The molecule has 4 heteroatoms. The number of nitrogens with zero attached hydrogens (tertiary/aromatic N) is 1. The van der Waals surface area contributed by atoms with Crippen molar-refractivity contribution in [2.75, 3.05) is 11.5 Å². The van der Waals surface area contributed by atoms with Gasteiger partial charge in [0.15, 0.2) is 0 Å². The largest absolute Gasteiger partial charge is 0.489 e. The Morgan fingerprint density at radius 1 is 0.739 bits per heavy atom. The Morgan fingerprint density at radius 2 is 1.43 bits per heavy atom. The molecule has 4 nitrogen and oxygen atoms in total. The van der Waals surface area contributed by atoms with Crippen LogP contribution in [0.5, 0.6) is 5.75 Å². The van der Waals surface area contributed by atoms with E-state index in [0.717, 1.165) is 28.9 Å². The lowest BCUT2D eigenvalue weighted by molar-refractivity contribution is 0.306. The molecule has 0 amide bonds. The van der Waals surface area contributed by atoms with E-state index in [0.29, 0.717) is 18.2 Å². The van der Waals surface area contributed by atoms with Crippen molar-refractivity contribution in [2.45, 2.75) is 13.0 Å². The van der Waals surface area contributed by atoms with E-state index < -0.39 is 0 Å². The van der Waals surface area contributed by atoms with Gasteiger partial charge in [0.1, 0.15) is 24.0 Å². The van der Waals surface area contributed by atoms with Crippen LogP contribution in [0.3, 0.4) is 0 Å². The van der Waals surface area contributed by atoms with Crippen molar-refractivity contribution in [3.8, 4) is 5.75 Å². The molecule has 0 saturated carbocycles. The second-order valence-corrected chi connectivity index (χ2v) is 5.42. The number of nitrogen functional groups attached to an aromatic ring is 2. The van der Waals surface area contributed by atoms with E-state index in [-0.39, 0.29) is 0 Å². The summed E-state index contributed by atoms with van der Waals surface area (Å²) in [4.78, 5) is 3.99. The molecule has 3 rings (SSSR count). The van der Waals surface area contributed by atoms with Gasteiger partial charge in [0, 0.05) is 0 Å². The van der Waals surface area contributed by atoms with E-state index >= 15 is 0 Å². The third kappa shape index (κ3) is 4.23. The van der Waals surface area contributed by atoms with E-state index in [1.165, 1.54) is 0 Å². The molecule has 0 bridgehead atoms. The Bertz CT molecular complexity index is 767. The summed E-state index contributed by atoms with van der Waals surface area (Å²) in [5.74, 6) is 1.73. The van der Waals surface area contributed by atoms with Crippen molar-refractivity contribution in [1.29, 1.82) is 0 Å². The molecule has 4 N–H and O–H groups in total. The van der Waals surface area contributed by atoms with Crippen LogP contribution in [0.15, 0.2) is 66.7 Å². The molecule has 0 spiro atoms. The Morgan fingerprint density at radius 3 is 2.17 bits per heavy atom. The van der Waals surface area contributed by atoms with Gasteiger partial charge in [0.25, 0.3) is 0 Å². The van der Waals surface area contributed by atoms with Gasteiger partial charge in [0.05, 0.1) is 0 Å². The molecule has 0 atom stereocenters. The average Bonchev–Trinajstić information content (AvgIpc) is 2.53. The molecule has 0 aliphatic heterocycles. The van der Waals surface area contributed by atoms with Crippen LogP contribution < -0.4 is 16.2 Å². The lowest BCUT2D eigenvalue weighted by atomic mass is 10.1. The van der Waals surface area contributed by atoms with E-state index in [1.54, 1.807) is 0 Å². The van der Waals surface area contributed by atoms with Crippen LogP contribution in [0.4, 0.5) is 11.6 Å². The summed E-state index contributed by atoms with van der Waals surface area (Å²) in [6, 6.07) is 21.8. The highest BCUT2D eigenvalue weighted by Gasteiger charge is 2.02. The molecule has 0 fully saturated rings. The minimum atomic E-state index is 0.441. The maximum absolute atomic E-state index is 5.86. The third-order valence-corrected chi connectivity index (χ3v) is 3.48. The first kappa shape index (κ1) is 14.9. The normalized spacial score (nSPS) is 10.4. The zero-order valence-corrected chi connectivity index (χ0v) is 12.8. The van der Waals surface area contributed by atoms with Gasteiger partial charge in [-0.15, -0.1) is 0 Å². The number of pyridine rings is 1. The molecule has 23 heavy (non-hydrogen) atoms. The first-order valence-corrected chi connectivity index (χ1v) is 7.46. The molecular weight excluding hydrogens is 286 g/mol. The Balaban J connectivity index is 1.69. The van der Waals surface area contributed by atoms with Gasteiger partial charge in [0.2, 0.25) is 0 Å². The van der Waals surface area contributed by atoms with Crippen LogP contribution in [0.2, 0.25) is 0 Å². The lowest BCUT2D eigenvalue weighted by Crippen LogP contribution is -1.99. The van der Waals surface area contributed by atoms with Crippen molar-refractivity contribution in [3.05, 3.63) is 83.4 Å². The third-order valence-electron chi connectivity index (χ3n) is 3.48. The van der Waals surface area contributed by atoms with Gasteiger partial charge >= 0.3 is 0 Å². The van der Waals surface area contributed by atoms with Crippen LogP contribution in [0, 0.1) is 0 Å². The minimum Gasteiger partial charge on any atom is -0.489 e. The average molecular weight is 305 g/mol. The molecule has 1 aromatic heterocycles. The quantitative estimate of drug-likeness (QED) is 0.757. The zero-order valence-electron chi connectivity index (χ0n) is 12.8. The molecule has 0 unspecified atom stereocenters. The lowest BCUT2D eigenvalue weighted by Gasteiger charge is -2.09. The zero-order chi connectivity index (χ0) is 16.1. The first-order valence-electron chi connectivity index (χ1n) is 7.46. The van der Waals surface area contributed by atoms with Crippen molar-refractivity contribution < 1.29 is 4.74 Å². The Labute approximate surface area is 135 Å². The second kappa shape index (κ2) is 6.83. The highest BCUT2D eigenvalue weighted by atomic mass is 16.5. The molecule has 116 valence electrons. The molecule has 0 aliphatic carbocycles. The van der Waals surface area contributed by atoms with Crippen LogP contribution >= 0.6 is 0 Å². The summed E-state index contributed by atoms with van der Waals surface area (Å²) in [5, 5.41) is 0. The van der Waals surface area contributed by atoms with Crippen LogP contribution in [0.1, 0.15) is 16.7 Å². The summed E-state index contributed by atoms with van der Waals surface area (Å²) in [6.07, 6.45) is 0.736. The fourth-order valence-corrected chi connectivity index (χ4v) is 2.46. The van der Waals surface area contributed by atoms with Gasteiger partial charge in [-0.2, -0.15) is 0 Å². The molecule has 0 aliphatic rings. The predicted octanol–water partition coefficient (Wildman–Crippen LogP) is 3.42. The fourth-order valence-electron chi connectivity index (χ4n) is 2.46. The molecular formula is C19H19N3O. The molecule has 1 heterocycles. The number of hydrogen-bond donors (Lipinski definition) is 2. The smallest absolute Gasteiger partial charge is 0.126 e. The number of anilines is 2. The summed E-state index contributed by atoms with van der Waals surface area (Å²) in [7, 11) is 0. The van der Waals surface area contributed by atoms with Crippen molar-refractivity contribution in [1.82, 2.24) is 4.98 Å². The van der Waals surface area contributed by atoms with E-state index in [2.05, 4.69) is 11.1 Å². The van der Waals surface area contributed by atoms with E-state index in [1.807, 2.05) is 60.7 Å². The summed E-state index contributed by atoms with van der Waals surface area (Å²) >= 11 is 0. The van der Waals surface area contributed by atoms with Gasteiger partial charge < -0.3 is 16.2 Å². The predicted molar refractivity (Wildman–Crippen MR) is 93.1 cm³/mol. The van der Waals surface area contributed by atoms with Crippen LogP contribution in [-0.4, -0.2) is 4.98 Å². The minimum absolute atomic E-state index is 0.441. The van der Waals surface area contributed by atoms with Gasteiger partial charge in [-0.25, -0.2) is 4.98 Å². The highest BCUT2D eigenvalue weighted by molar-refractivity contribution is 5.45. The maximum atomic E-state index is 5.86. The molecule has 2 aromatic carbocycles. The standard InChI is InChI=1S/C19H19N3O/c20-18-11-16(12-19(21)22-18)9-15-7-4-8-17(10-15)23-13-14-5-2-1-3-6-14/h1-8,10-12H,9,13H2,(H4,20,21,22). The summed E-state index contributed by atoms with van der Waals surface area (Å²) < 4.78 is 5.86. The van der Waals surface area contributed by atoms with Crippen LogP contribution in [-0.2, 0) is 13.0 Å². The summed E-state index contributed by atoms with van der Waals surface area (Å²) in [5.41, 5.74) is 14.8. The number of ether oxygens (including phenoxy) is 1. The molecule has 0 radical (unpaired) electrons. The number of nitrogens with two attached hydrogens (primary N) is 2. The SMILES string of the molecule is Nc1cc(Cc2cccc(OCc3ccccc3)c2)cc(N)n1.